The topological polar surface area (TPSA) is 145 Å². The van der Waals surface area contributed by atoms with Crippen molar-refractivity contribution < 1.29 is 33.7 Å². The van der Waals surface area contributed by atoms with Gasteiger partial charge >= 0.3 is 5.97 Å². The van der Waals surface area contributed by atoms with Crippen molar-refractivity contribution in [1.82, 2.24) is 15.0 Å². The number of carbonyl (C=O) groups excluding carboxylic acids is 3. The van der Waals surface area contributed by atoms with Gasteiger partial charge in [-0.05, 0) is 42.3 Å². The van der Waals surface area contributed by atoms with E-state index in [9.17, 15) is 19.5 Å². The van der Waals surface area contributed by atoms with Crippen LogP contribution in [0, 0.1) is 5.92 Å². The van der Waals surface area contributed by atoms with E-state index in [1.165, 1.54) is 17.0 Å². The molecule has 3 aliphatic rings. The Balaban J connectivity index is 1.38. The van der Waals surface area contributed by atoms with Gasteiger partial charge in [-0.1, -0.05) is 42.6 Å². The Morgan fingerprint density at radius 3 is 2.62 bits per heavy atom. The second kappa shape index (κ2) is 11.7. The van der Waals surface area contributed by atoms with Crippen molar-refractivity contribution >= 4 is 42.4 Å². The van der Waals surface area contributed by atoms with Crippen LogP contribution in [0.4, 0.5) is 11.4 Å². The largest absolute Gasteiger partial charge is 0.497 e. The van der Waals surface area contributed by atoms with Gasteiger partial charge in [0.1, 0.15) is 5.75 Å². The van der Waals surface area contributed by atoms with Crippen molar-refractivity contribution in [2.75, 3.05) is 23.9 Å². The predicted octanol–water partition coefficient (Wildman–Crippen LogP) is 2.71. The molecule has 0 bridgehead atoms. The summed E-state index contributed by atoms with van der Waals surface area (Å²) in [6.07, 6.45) is 1.98. The number of ether oxygens (including phenoxy) is 3. The molecule has 1 spiro atoms. The minimum Gasteiger partial charge on any atom is -0.497 e. The Hall–Kier alpha value is -4.07. The first-order valence-electron chi connectivity index (χ1n) is 15.3. The van der Waals surface area contributed by atoms with Crippen molar-refractivity contribution in [3.05, 3.63) is 59.9 Å². The number of hydrogen-bond donors (Lipinski definition) is 2. The van der Waals surface area contributed by atoms with Gasteiger partial charge in [0.25, 0.3) is 5.91 Å². The molecule has 13 heteroatoms. The zero-order valence-electron chi connectivity index (χ0n) is 26.1. The molecule has 1 unspecified atom stereocenters. The molecule has 0 radical (unpaired) electrons. The number of benzene rings is 2. The van der Waals surface area contributed by atoms with E-state index >= 15 is 0 Å². The molecule has 3 aromatic rings. The van der Waals surface area contributed by atoms with Gasteiger partial charge in [-0.15, -0.1) is 5.10 Å². The maximum atomic E-state index is 14.1. The summed E-state index contributed by atoms with van der Waals surface area (Å²) < 4.78 is 19.5. The zero-order valence-corrected chi connectivity index (χ0v) is 27.1. The molecule has 2 N–H and O–H groups in total. The number of aliphatic hydroxyl groups excluding tert-OH is 1. The second-order valence-electron chi connectivity index (χ2n) is 12.6. The lowest BCUT2D eigenvalue weighted by Crippen LogP contribution is -2.55. The molecule has 0 aliphatic carbocycles. The lowest BCUT2D eigenvalue weighted by atomic mass is 9.82. The summed E-state index contributed by atoms with van der Waals surface area (Å²) in [4.78, 5) is 39.8. The number of aliphatic hydroxyl groups is 1. The minimum absolute atomic E-state index is 0.00462. The van der Waals surface area contributed by atoms with Crippen molar-refractivity contribution in [1.29, 1.82) is 0 Å². The standard InChI is InChI=1S/C32H39N5O7Si/c1-19-30(45(4,5)24-9-7-23(42-3)8-10-24)27(12-14-36-18-21(13-15-38)34-35-36)44-32(19)25-16-22(6-11-26(25)33-31(32)41)37-28(40)17-29(37)43-20(2)39/h6-11,16,18-19,27,29-30,38H,12-15,17H2,1-5H3,(H,33,41)/t19-,27+,29?,30-,32+/m0/s1. The summed E-state index contributed by atoms with van der Waals surface area (Å²) in [5.41, 5.74) is 1.31. The van der Waals surface area contributed by atoms with Crippen molar-refractivity contribution in [2.45, 2.75) is 76.2 Å². The number of aryl methyl sites for hydroxylation is 1. The van der Waals surface area contributed by atoms with E-state index in [1.807, 2.05) is 24.4 Å². The maximum absolute atomic E-state index is 14.1. The molecule has 2 amide bonds. The molecule has 45 heavy (non-hydrogen) atoms. The quantitative estimate of drug-likeness (QED) is 0.196. The number of β-lactam (4-membered cyclic amide) rings is 1. The van der Waals surface area contributed by atoms with E-state index in [1.54, 1.807) is 23.9 Å². The molecule has 1 aromatic heterocycles. The van der Waals surface area contributed by atoms with Crippen LogP contribution in [0.25, 0.3) is 0 Å². The van der Waals surface area contributed by atoms with Crippen molar-refractivity contribution in [3.8, 4) is 5.75 Å². The number of nitrogens with one attached hydrogen (secondary N) is 1. The molecule has 2 fully saturated rings. The Bertz CT molecular complexity index is 1630. The van der Waals surface area contributed by atoms with Gasteiger partial charge in [0, 0.05) is 55.5 Å². The van der Waals surface area contributed by atoms with Gasteiger partial charge in [-0.2, -0.15) is 0 Å². The van der Waals surface area contributed by atoms with E-state index in [-0.39, 0.29) is 42.4 Å². The SMILES string of the molecule is COc1ccc([Si](C)(C)[C@@H]2[C@@H](CCn3cc(CCO)nn3)O[C@]3(C(=O)Nc4ccc(N5C(=O)CC5OC(C)=O)cc43)[C@H]2C)cc1. The highest BCUT2D eigenvalue weighted by atomic mass is 28.3. The van der Waals surface area contributed by atoms with Crippen LogP contribution in [-0.2, 0) is 42.4 Å². The first kappa shape index (κ1) is 30.9. The van der Waals surface area contributed by atoms with E-state index < -0.39 is 25.9 Å². The molecule has 0 saturated carbocycles. The van der Waals surface area contributed by atoms with Crippen LogP contribution >= 0.6 is 0 Å². The number of aromatic nitrogens is 3. The molecule has 2 saturated heterocycles. The second-order valence-corrected chi connectivity index (χ2v) is 17.3. The number of hydrogen-bond acceptors (Lipinski definition) is 9. The molecule has 3 aliphatic heterocycles. The van der Waals surface area contributed by atoms with E-state index in [0.717, 1.165) is 5.75 Å². The summed E-state index contributed by atoms with van der Waals surface area (Å²) in [6, 6.07) is 13.5. The van der Waals surface area contributed by atoms with Crippen LogP contribution in [-0.4, -0.2) is 72.0 Å². The molecule has 5 atom stereocenters. The highest BCUT2D eigenvalue weighted by molar-refractivity contribution is 6.91. The Morgan fingerprint density at radius 1 is 1.20 bits per heavy atom. The van der Waals surface area contributed by atoms with Gasteiger partial charge in [-0.3, -0.25) is 24.0 Å². The summed E-state index contributed by atoms with van der Waals surface area (Å²) in [5.74, 6) is -0.301. The van der Waals surface area contributed by atoms with Crippen LogP contribution in [0.1, 0.15) is 37.9 Å². The third-order valence-corrected chi connectivity index (χ3v) is 14.0. The zero-order chi connectivity index (χ0) is 32.1. The number of fused-ring (bicyclic) bond motifs is 2. The highest BCUT2D eigenvalue weighted by Gasteiger charge is 2.64. The average molecular weight is 634 g/mol. The first-order valence-corrected chi connectivity index (χ1v) is 18.3. The fourth-order valence-electron chi connectivity index (χ4n) is 7.46. The molecule has 12 nitrogen and oxygen atoms in total. The fraction of sp³-hybridized carbons (Fsp3) is 0.469. The minimum atomic E-state index is -2.33. The van der Waals surface area contributed by atoms with Gasteiger partial charge in [0.05, 0.1) is 33.4 Å². The Labute approximate surface area is 262 Å². The predicted molar refractivity (Wildman–Crippen MR) is 168 cm³/mol. The molecule has 2 aromatic carbocycles. The Kier molecular flexibility index (Phi) is 8.04. The lowest BCUT2D eigenvalue weighted by molar-refractivity contribution is -0.153. The van der Waals surface area contributed by atoms with Gasteiger partial charge in [0.2, 0.25) is 5.91 Å². The number of carbonyl (C=O) groups is 3. The van der Waals surface area contributed by atoms with Gasteiger partial charge in [-0.25, -0.2) is 0 Å². The molecule has 6 rings (SSSR count). The van der Waals surface area contributed by atoms with Crippen LogP contribution in [0.2, 0.25) is 18.6 Å². The number of rotatable bonds is 10. The van der Waals surface area contributed by atoms with E-state index in [2.05, 4.69) is 47.8 Å². The van der Waals surface area contributed by atoms with E-state index in [0.29, 0.717) is 42.0 Å². The summed E-state index contributed by atoms with van der Waals surface area (Å²) in [6.45, 7) is 8.55. The summed E-state index contributed by atoms with van der Waals surface area (Å²) >= 11 is 0. The molecule has 4 heterocycles. The number of methoxy groups -OCH3 is 1. The van der Waals surface area contributed by atoms with Gasteiger partial charge in [0.15, 0.2) is 11.8 Å². The lowest BCUT2D eigenvalue weighted by Gasteiger charge is -2.39. The summed E-state index contributed by atoms with van der Waals surface area (Å²) in [5, 5.41) is 22.0. The summed E-state index contributed by atoms with van der Waals surface area (Å²) in [7, 11) is -0.685. The molecular weight excluding hydrogens is 594 g/mol. The number of anilines is 2. The third-order valence-electron chi connectivity index (χ3n) is 9.66. The normalized spacial score (nSPS) is 25.7. The number of esters is 1. The monoisotopic (exact) mass is 633 g/mol. The maximum Gasteiger partial charge on any atom is 0.304 e. The first-order chi connectivity index (χ1) is 21.5. The Morgan fingerprint density at radius 2 is 1.96 bits per heavy atom. The van der Waals surface area contributed by atoms with Crippen LogP contribution in [0.3, 0.4) is 0 Å². The fourth-order valence-corrected chi connectivity index (χ4v) is 11.5. The molecule has 238 valence electrons. The van der Waals surface area contributed by atoms with Crippen molar-refractivity contribution in [3.63, 3.8) is 0 Å². The highest BCUT2D eigenvalue weighted by Crippen LogP contribution is 2.59. The van der Waals surface area contributed by atoms with Crippen LogP contribution in [0.15, 0.2) is 48.7 Å². The van der Waals surface area contributed by atoms with E-state index in [4.69, 9.17) is 14.2 Å². The third kappa shape index (κ3) is 5.22. The van der Waals surface area contributed by atoms with Crippen LogP contribution < -0.4 is 20.1 Å². The number of nitrogens with zero attached hydrogens (tertiary/aromatic N) is 4. The van der Waals surface area contributed by atoms with Gasteiger partial charge < -0.3 is 24.6 Å². The smallest absolute Gasteiger partial charge is 0.304 e. The number of amides is 2. The molecular formula is C32H39N5O7Si. The van der Waals surface area contributed by atoms with Crippen LogP contribution in [0.5, 0.6) is 5.75 Å². The average Bonchev–Trinajstić information content (AvgIpc) is 3.66. The van der Waals surface area contributed by atoms with Crippen molar-refractivity contribution in [2.24, 2.45) is 5.92 Å².